The molecule has 8 atom stereocenters. The number of pyridine rings is 1. The van der Waals surface area contributed by atoms with Gasteiger partial charge >= 0.3 is 6.18 Å². The third kappa shape index (κ3) is 26.6. The van der Waals surface area contributed by atoms with Crippen LogP contribution in [0.4, 0.5) is 13.2 Å². The molecule has 4 saturated heterocycles. The fourth-order valence-electron chi connectivity index (χ4n) is 20.6. The molecule has 145 heavy (non-hydrogen) atoms. The quantitative estimate of drug-likeness (QED) is 0.0378. The summed E-state index contributed by atoms with van der Waals surface area (Å²) in [5, 5.41) is 14.7. The monoisotopic (exact) mass is 2070 g/mol. The smallest absolute Gasteiger partial charge is 0.341 e. The Morgan fingerprint density at radius 1 is 0.414 bits per heavy atom. The number of halogens is 4. The molecule has 4 amide bonds. The number of aryl methyl sites for hydroxylation is 5. The van der Waals surface area contributed by atoms with Crippen LogP contribution in [-0.2, 0) is 90.4 Å². The standard InChI is InChI=1S/2C30H37N3O3S.C27H27F3N2O3S.C26H30ClN3O4S/c1-4-37(35,36)25-15-10-22(11-16-25)12-17-30(34)32-19-26(23-8-6-5-7-9-23)27(20-32)29-18-28(24-13-14-24)31-33(29)21(2)3;1-3-37(35,36)26-16-13-23(14-17-26)15-18-30(34)32-20-27(24-9-5-4-6-10-24)28(21-32)29-19-22(2)31-33(29)25-11-7-8-12-25;1-2-36(34,35)21-13-10-19(11-14-21)12-15-25(33)32-17-22(20-7-4-3-5-8-20)23(18-32)26-24(27(28,29)30)9-6-16-31-26;1-4-35(32,33)21-11-8-18(9-12-21)10-13-24(31)30-15-22(19-6-5-7-20(27)14-19)23(16-30)26-28-25(17(2)3)29-34-26/h5-11,15-16,18,21,24,26-27H,4,12-14,17,19-20H2,1-3H3;4-6,9-10,13-14,16-17,19,25,27-28H,3,7-8,11-12,15,18,20-21H2,1-2H3;3-11,13-14,16,22-23H,2,12,15,17-18H2,1H3;5-9,11-12,14,17,22-23H,4,10,13,15-16H2,1-3H3. The Labute approximate surface area is 856 Å². The molecule has 6 fully saturated rings. The zero-order chi connectivity index (χ0) is 103. The maximum atomic E-state index is 13.8. The summed E-state index contributed by atoms with van der Waals surface area (Å²) in [6.45, 7) is 21.2. The number of carbonyl (C=O) groups is 4. The first-order valence-corrected chi connectivity index (χ1v) is 57.7. The number of hydrogen-bond donors (Lipinski definition) is 0. The van der Waals surface area contributed by atoms with E-state index in [4.69, 9.17) is 26.3 Å². The molecule has 6 aliphatic rings. The summed E-state index contributed by atoms with van der Waals surface area (Å²) in [5.74, 6) is 2.21. The van der Waals surface area contributed by atoms with E-state index in [2.05, 4.69) is 106 Å². The van der Waals surface area contributed by atoms with Gasteiger partial charge in [0.2, 0.25) is 29.5 Å². The predicted molar refractivity (Wildman–Crippen MR) is 556 cm³/mol. The minimum absolute atomic E-state index is 0.00311. The van der Waals surface area contributed by atoms with Crippen LogP contribution in [0.25, 0.3) is 0 Å². The fourth-order valence-corrected chi connectivity index (χ4v) is 24.4. The van der Waals surface area contributed by atoms with E-state index in [-0.39, 0.29) is 124 Å². The molecular formula is C113H131ClF3N11O13S4. The number of nitrogens with zero attached hydrogens (tertiary/aromatic N) is 11. The molecule has 12 aromatic rings. The van der Waals surface area contributed by atoms with Crippen molar-refractivity contribution in [1.82, 2.24) is 54.3 Å². The van der Waals surface area contributed by atoms with E-state index in [9.17, 15) is 66.0 Å². The fraction of sp³-hybridized carbons (Fsp3) is 0.425. The number of rotatable bonds is 32. The highest BCUT2D eigenvalue weighted by Crippen LogP contribution is 2.49. The second-order valence-corrected chi connectivity index (χ2v) is 49.1. The van der Waals surface area contributed by atoms with Crippen LogP contribution in [0.1, 0.15) is 281 Å². The Morgan fingerprint density at radius 2 is 0.779 bits per heavy atom. The van der Waals surface area contributed by atoms with Crippen molar-refractivity contribution >= 4 is 74.6 Å². The maximum absolute atomic E-state index is 13.8. The van der Waals surface area contributed by atoms with Crippen molar-refractivity contribution in [2.45, 2.75) is 249 Å². The number of benzene rings is 8. The Balaban J connectivity index is 0.000000145. The molecule has 8 aromatic carbocycles. The van der Waals surface area contributed by atoms with Crippen LogP contribution in [0.2, 0.25) is 5.02 Å². The SMILES string of the molecule is CCS(=O)(=O)c1ccc(CCC(=O)N2CC(c3cccc(Cl)c3)C(c3nc(C(C)C)no3)C2)cc1.CCS(=O)(=O)c1ccc(CCC(=O)N2CC(c3ccccc3)C(c3cc(C)nn3C3CCCC3)C2)cc1.CCS(=O)(=O)c1ccc(CCC(=O)N2CC(c3ccccc3)C(c3cc(C4CC4)nn3C(C)C)C2)cc1.CCS(=O)(=O)c1ccc(CCC(=O)N2CC(c3ccccc3)C(c3ncccc3C(F)(F)F)C2)cc1. The molecule has 24 nitrogen and oxygen atoms in total. The second kappa shape index (κ2) is 47.4. The Morgan fingerprint density at radius 3 is 1.14 bits per heavy atom. The van der Waals surface area contributed by atoms with Gasteiger partial charge in [0.1, 0.15) is 0 Å². The average molecular weight is 2070 g/mol. The molecule has 18 rings (SSSR count). The van der Waals surface area contributed by atoms with Crippen LogP contribution in [0.3, 0.4) is 0 Å². The second-order valence-electron chi connectivity index (χ2n) is 39.5. The van der Waals surface area contributed by atoms with Gasteiger partial charge in [-0.1, -0.05) is 223 Å². The molecule has 32 heteroatoms. The number of aromatic nitrogens is 7. The highest BCUT2D eigenvalue weighted by atomic mass is 35.5. The minimum atomic E-state index is -4.54. The van der Waals surface area contributed by atoms with Gasteiger partial charge in [-0.3, -0.25) is 33.5 Å². The van der Waals surface area contributed by atoms with Crippen LogP contribution >= 0.6 is 11.6 Å². The Bertz CT molecular complexity index is 6930. The zero-order valence-corrected chi connectivity index (χ0v) is 87.8. The normalized spacial score (nSPS) is 19.4. The third-order valence-electron chi connectivity index (χ3n) is 29.2. The lowest BCUT2D eigenvalue weighted by molar-refractivity contribution is -0.138. The van der Waals surface area contributed by atoms with Gasteiger partial charge in [-0.2, -0.15) is 28.4 Å². The molecule has 4 aliphatic heterocycles. The van der Waals surface area contributed by atoms with Crippen molar-refractivity contribution in [2.75, 3.05) is 75.4 Å². The molecule has 2 saturated carbocycles. The highest BCUT2D eigenvalue weighted by Gasteiger charge is 2.47. The third-order valence-corrected chi connectivity index (χ3v) is 36.4. The summed E-state index contributed by atoms with van der Waals surface area (Å²) in [5.41, 5.74) is 12.1. The van der Waals surface area contributed by atoms with Gasteiger partial charge in [0.05, 0.1) is 77.2 Å². The van der Waals surface area contributed by atoms with Crippen molar-refractivity contribution in [2.24, 2.45) is 0 Å². The molecule has 8 heterocycles. The number of sulfone groups is 4. The van der Waals surface area contributed by atoms with E-state index < -0.39 is 57.0 Å². The number of carbonyl (C=O) groups excluding carboxylic acids is 4. The Kier molecular flexibility index (Phi) is 35.1. The molecule has 8 unspecified atom stereocenters. The number of likely N-dealkylation sites (tertiary alicyclic amines) is 4. The molecule has 0 N–H and O–H groups in total. The first-order valence-electron chi connectivity index (χ1n) is 50.7. The molecule has 768 valence electrons. The van der Waals surface area contributed by atoms with Crippen molar-refractivity contribution in [1.29, 1.82) is 0 Å². The molecule has 0 bridgehead atoms. The largest absolute Gasteiger partial charge is 0.418 e. The summed E-state index contributed by atoms with van der Waals surface area (Å²) in [6.07, 6.45) is 7.57. The van der Waals surface area contributed by atoms with E-state index in [1.54, 1.807) is 93.3 Å². The van der Waals surface area contributed by atoms with E-state index >= 15 is 0 Å². The maximum Gasteiger partial charge on any atom is 0.418 e. The van der Waals surface area contributed by atoms with Crippen molar-refractivity contribution in [3.63, 3.8) is 0 Å². The predicted octanol–water partition coefficient (Wildman–Crippen LogP) is 21.1. The summed E-state index contributed by atoms with van der Waals surface area (Å²) in [7, 11) is -13.0. The van der Waals surface area contributed by atoms with Gasteiger partial charge in [0.15, 0.2) is 45.2 Å². The van der Waals surface area contributed by atoms with E-state index in [1.807, 2.05) is 120 Å². The van der Waals surface area contributed by atoms with Crippen LogP contribution in [0.5, 0.6) is 0 Å². The van der Waals surface area contributed by atoms with Crippen LogP contribution < -0.4 is 0 Å². The lowest BCUT2D eigenvalue weighted by Gasteiger charge is -2.22. The van der Waals surface area contributed by atoms with Gasteiger partial charge in [0.25, 0.3) is 0 Å². The van der Waals surface area contributed by atoms with Crippen molar-refractivity contribution in [3.05, 3.63) is 338 Å². The van der Waals surface area contributed by atoms with Gasteiger partial charge < -0.3 is 24.1 Å². The van der Waals surface area contributed by atoms with E-state index in [0.29, 0.717) is 134 Å². The molecular weight excluding hydrogens is 1940 g/mol. The molecule has 0 spiro atoms. The summed E-state index contributed by atoms with van der Waals surface area (Å²) < 4.78 is 148. The van der Waals surface area contributed by atoms with Gasteiger partial charge in [0, 0.05) is 160 Å². The van der Waals surface area contributed by atoms with Crippen LogP contribution in [0.15, 0.2) is 267 Å². The number of alkyl halides is 3. The average Bonchev–Trinajstić information content (AvgIpc) is 1.67. The Hall–Kier alpha value is -11.8. The van der Waals surface area contributed by atoms with E-state index in [0.717, 1.165) is 45.1 Å². The van der Waals surface area contributed by atoms with Crippen molar-refractivity contribution < 1.29 is 70.5 Å². The first-order chi connectivity index (χ1) is 69.4. The summed E-state index contributed by atoms with van der Waals surface area (Å²) >= 11 is 6.26. The van der Waals surface area contributed by atoms with Gasteiger partial charge in [-0.25, -0.2) is 33.7 Å². The number of hydrogen-bond acceptors (Lipinski definition) is 18. The highest BCUT2D eigenvalue weighted by molar-refractivity contribution is 7.92. The van der Waals surface area contributed by atoms with Crippen molar-refractivity contribution in [3.8, 4) is 0 Å². The molecule has 4 aromatic heterocycles. The van der Waals surface area contributed by atoms with Gasteiger partial charge in [-0.15, -0.1) is 0 Å². The van der Waals surface area contributed by atoms with Crippen LogP contribution in [-0.4, -0.2) is 187 Å². The lowest BCUT2D eigenvalue weighted by atomic mass is 9.85. The molecule has 2 aliphatic carbocycles. The summed E-state index contributed by atoms with van der Waals surface area (Å²) in [4.78, 5) is 70.5. The zero-order valence-electron chi connectivity index (χ0n) is 83.8. The summed E-state index contributed by atoms with van der Waals surface area (Å²) in [6, 6.07) is 72.8. The topological polar surface area (TPSA) is 305 Å². The lowest BCUT2D eigenvalue weighted by Crippen LogP contribution is -2.29. The van der Waals surface area contributed by atoms with Gasteiger partial charge in [-0.05, 0) is 202 Å². The van der Waals surface area contributed by atoms with E-state index in [1.165, 1.54) is 91.1 Å². The minimum Gasteiger partial charge on any atom is -0.341 e. The first kappa shape index (κ1) is 107. The number of amides is 4. The van der Waals surface area contributed by atoms with Crippen LogP contribution in [0, 0.1) is 6.92 Å². The molecule has 0 radical (unpaired) electrons.